The molecule has 0 aliphatic heterocycles. The van der Waals surface area contributed by atoms with Crippen molar-refractivity contribution in [2.75, 3.05) is 20.4 Å². The molecule has 0 saturated heterocycles. The summed E-state index contributed by atoms with van der Waals surface area (Å²) in [6.45, 7) is 3.24. The monoisotopic (exact) mass is 392 g/mol. The van der Waals surface area contributed by atoms with Crippen LogP contribution in [0.2, 0.25) is 0 Å². The second-order valence-corrected chi connectivity index (χ2v) is 8.78. The maximum atomic E-state index is 4.92. The summed E-state index contributed by atoms with van der Waals surface area (Å²) >= 11 is 1.76. The largest absolute Gasteiger partial charge is 0.361 e. The number of imidazole rings is 1. The summed E-state index contributed by atoms with van der Waals surface area (Å²) in [5.74, 6) is 1.54. The zero-order chi connectivity index (χ0) is 19.8. The van der Waals surface area contributed by atoms with Crippen molar-refractivity contribution in [1.29, 1.82) is 0 Å². The molecule has 0 aliphatic carbocycles. The van der Waals surface area contributed by atoms with E-state index in [-0.39, 0.29) is 0 Å². The Labute approximate surface area is 171 Å². The van der Waals surface area contributed by atoms with E-state index in [1.165, 1.54) is 32.4 Å². The van der Waals surface area contributed by atoms with Crippen LogP contribution in [0.1, 0.15) is 29.8 Å². The number of aromatic amines is 1. The summed E-state index contributed by atoms with van der Waals surface area (Å²) in [6, 6.07) is 13.4. The lowest BCUT2D eigenvalue weighted by Gasteiger charge is -2.13. The molecule has 4 aromatic rings. The van der Waals surface area contributed by atoms with Gasteiger partial charge in [-0.2, -0.15) is 0 Å². The number of H-pyrrole nitrogens is 1. The molecular formula is C23H28N4S. The number of hydrogen-bond donors (Lipinski definition) is 1. The van der Waals surface area contributed by atoms with Gasteiger partial charge in [-0.3, -0.25) is 0 Å². The van der Waals surface area contributed by atoms with Crippen molar-refractivity contribution in [2.24, 2.45) is 7.05 Å². The van der Waals surface area contributed by atoms with Gasteiger partial charge >= 0.3 is 0 Å². The van der Waals surface area contributed by atoms with Crippen molar-refractivity contribution in [3.05, 3.63) is 59.5 Å². The zero-order valence-corrected chi connectivity index (χ0v) is 18.1. The zero-order valence-electron chi connectivity index (χ0n) is 17.3. The third-order valence-electron chi connectivity index (χ3n) is 5.52. The second-order valence-electron chi connectivity index (χ2n) is 7.90. The van der Waals surface area contributed by atoms with Crippen LogP contribution in [-0.2, 0) is 20.0 Å². The van der Waals surface area contributed by atoms with Gasteiger partial charge in [-0.05, 0) is 61.7 Å². The molecule has 0 saturated carbocycles. The first-order chi connectivity index (χ1) is 13.5. The van der Waals surface area contributed by atoms with Crippen molar-refractivity contribution in [3.63, 3.8) is 0 Å². The fraction of sp³-hybridized carbons (Fsp3) is 0.348. The van der Waals surface area contributed by atoms with E-state index in [4.69, 9.17) is 4.98 Å². The molecule has 5 heteroatoms. The van der Waals surface area contributed by atoms with Gasteiger partial charge in [0.15, 0.2) is 0 Å². The van der Waals surface area contributed by atoms with Gasteiger partial charge in [0.25, 0.3) is 0 Å². The summed E-state index contributed by atoms with van der Waals surface area (Å²) in [4.78, 5) is 11.8. The smallest absolute Gasteiger partial charge is 0.110 e. The Bertz CT molecular complexity index is 1120. The summed E-state index contributed by atoms with van der Waals surface area (Å²) in [5.41, 5.74) is 6.20. The number of benzene rings is 2. The quantitative estimate of drug-likeness (QED) is 0.459. The second kappa shape index (κ2) is 7.64. The van der Waals surface area contributed by atoms with Crippen molar-refractivity contribution in [3.8, 4) is 0 Å². The van der Waals surface area contributed by atoms with E-state index in [2.05, 4.69) is 91.4 Å². The molecule has 4 nitrogen and oxygen atoms in total. The lowest BCUT2D eigenvalue weighted by atomic mass is 9.96. The van der Waals surface area contributed by atoms with E-state index >= 15 is 0 Å². The topological polar surface area (TPSA) is 36.9 Å². The van der Waals surface area contributed by atoms with Crippen LogP contribution in [0.15, 0.2) is 47.5 Å². The van der Waals surface area contributed by atoms with Crippen molar-refractivity contribution in [1.82, 2.24) is 19.4 Å². The van der Waals surface area contributed by atoms with E-state index in [1.54, 1.807) is 11.8 Å². The number of aryl methyl sites for hydroxylation is 1. The molecule has 0 fully saturated rings. The molecule has 146 valence electrons. The minimum absolute atomic E-state index is 0.403. The van der Waals surface area contributed by atoms with Gasteiger partial charge in [-0.1, -0.05) is 19.1 Å². The molecule has 28 heavy (non-hydrogen) atoms. The molecular weight excluding hydrogens is 364 g/mol. The number of hydrogen-bond acceptors (Lipinski definition) is 3. The number of aromatic nitrogens is 3. The predicted octanol–water partition coefficient (Wildman–Crippen LogP) is 5.18. The van der Waals surface area contributed by atoms with E-state index in [9.17, 15) is 0 Å². The number of fused-ring (bicyclic) bond motifs is 2. The van der Waals surface area contributed by atoms with Gasteiger partial charge in [0.2, 0.25) is 0 Å². The Hall–Kier alpha value is -2.24. The molecule has 2 heterocycles. The number of rotatable bonds is 6. The molecule has 0 spiro atoms. The molecule has 0 aliphatic rings. The number of nitrogens with zero attached hydrogens (tertiary/aromatic N) is 3. The average molecular weight is 393 g/mol. The Balaban J connectivity index is 1.60. The average Bonchev–Trinajstić information content (AvgIpc) is 3.21. The number of nitrogens with one attached hydrogen (secondary N) is 1. The van der Waals surface area contributed by atoms with Crippen LogP contribution in [0.25, 0.3) is 21.9 Å². The van der Waals surface area contributed by atoms with E-state index in [0.29, 0.717) is 5.92 Å². The van der Waals surface area contributed by atoms with E-state index in [1.807, 2.05) is 0 Å². The molecule has 4 rings (SSSR count). The van der Waals surface area contributed by atoms with Crippen LogP contribution in [0.4, 0.5) is 0 Å². The molecule has 0 bridgehead atoms. The summed E-state index contributed by atoms with van der Waals surface area (Å²) in [7, 11) is 6.33. The highest BCUT2D eigenvalue weighted by atomic mass is 32.2. The fourth-order valence-corrected chi connectivity index (χ4v) is 4.35. The standard InChI is InChI=1S/C23H28N4S/c1-15(10-23-25-21-12-18(28-5)7-9-22(21)27(23)4)16-6-8-19-17(14-26(2)3)13-24-20(19)11-16/h6-9,11-13,15,24H,10,14H2,1-5H3. The van der Waals surface area contributed by atoms with Gasteiger partial charge in [0.1, 0.15) is 5.82 Å². The highest BCUT2D eigenvalue weighted by Gasteiger charge is 2.15. The highest BCUT2D eigenvalue weighted by molar-refractivity contribution is 7.98. The Kier molecular flexibility index (Phi) is 5.21. The lowest BCUT2D eigenvalue weighted by Crippen LogP contribution is -2.10. The molecule has 1 N–H and O–H groups in total. The molecule has 2 aromatic carbocycles. The van der Waals surface area contributed by atoms with Crippen molar-refractivity contribution >= 4 is 33.7 Å². The van der Waals surface area contributed by atoms with E-state index < -0.39 is 0 Å². The molecule has 2 aromatic heterocycles. The SMILES string of the molecule is CSc1ccc2c(c1)nc(CC(C)c1ccc3c(CN(C)C)c[nH]c3c1)n2C. The maximum absolute atomic E-state index is 4.92. The van der Waals surface area contributed by atoms with Crippen LogP contribution >= 0.6 is 11.8 Å². The highest BCUT2D eigenvalue weighted by Crippen LogP contribution is 2.28. The maximum Gasteiger partial charge on any atom is 0.110 e. The lowest BCUT2D eigenvalue weighted by molar-refractivity contribution is 0.404. The van der Waals surface area contributed by atoms with Crippen LogP contribution in [-0.4, -0.2) is 39.8 Å². The first-order valence-electron chi connectivity index (χ1n) is 9.70. The summed E-state index contributed by atoms with van der Waals surface area (Å²) < 4.78 is 2.23. The van der Waals surface area contributed by atoms with Crippen LogP contribution in [0.3, 0.4) is 0 Å². The van der Waals surface area contributed by atoms with Gasteiger partial charge < -0.3 is 14.5 Å². The van der Waals surface area contributed by atoms with Gasteiger partial charge in [0.05, 0.1) is 11.0 Å². The van der Waals surface area contributed by atoms with Crippen molar-refractivity contribution in [2.45, 2.75) is 30.7 Å². The third-order valence-corrected chi connectivity index (χ3v) is 6.24. The molecule has 1 unspecified atom stereocenters. The number of thioether (sulfide) groups is 1. The Morgan fingerprint density at radius 1 is 1.18 bits per heavy atom. The summed E-state index contributed by atoms with van der Waals surface area (Å²) in [5, 5.41) is 1.32. The fourth-order valence-electron chi connectivity index (χ4n) is 3.91. The minimum atomic E-state index is 0.403. The van der Waals surface area contributed by atoms with Crippen molar-refractivity contribution < 1.29 is 0 Å². The first-order valence-corrected chi connectivity index (χ1v) is 10.9. The Morgan fingerprint density at radius 3 is 2.75 bits per heavy atom. The van der Waals surface area contributed by atoms with E-state index in [0.717, 1.165) is 24.3 Å². The molecule has 0 radical (unpaired) electrons. The molecule has 1 atom stereocenters. The van der Waals surface area contributed by atoms with Gasteiger partial charge in [0, 0.05) is 42.0 Å². The van der Waals surface area contributed by atoms with Gasteiger partial charge in [-0.25, -0.2) is 4.98 Å². The predicted molar refractivity (Wildman–Crippen MR) is 120 cm³/mol. The normalized spacial score (nSPS) is 13.1. The third kappa shape index (κ3) is 3.56. The van der Waals surface area contributed by atoms with Gasteiger partial charge in [-0.15, -0.1) is 11.8 Å². The Morgan fingerprint density at radius 2 is 2.00 bits per heavy atom. The van der Waals surface area contributed by atoms with Crippen LogP contribution < -0.4 is 0 Å². The molecule has 0 amide bonds. The minimum Gasteiger partial charge on any atom is -0.361 e. The first kappa shape index (κ1) is 19.1. The summed E-state index contributed by atoms with van der Waals surface area (Å²) in [6.07, 6.45) is 5.16. The van der Waals surface area contributed by atoms with Crippen LogP contribution in [0.5, 0.6) is 0 Å². The van der Waals surface area contributed by atoms with Crippen LogP contribution in [0, 0.1) is 0 Å².